The fraction of sp³-hybridized carbons (Fsp3) is 0.300. The first kappa shape index (κ1) is 18.7. The second kappa shape index (κ2) is 7.78. The summed E-state index contributed by atoms with van der Waals surface area (Å²) in [5, 5.41) is 9.28. The molecule has 2 amide bonds. The number of rotatable bonds is 5. The zero-order valence-corrected chi connectivity index (χ0v) is 16.2. The van der Waals surface area contributed by atoms with Gasteiger partial charge in [-0.2, -0.15) is 0 Å². The van der Waals surface area contributed by atoms with Gasteiger partial charge >= 0.3 is 0 Å². The van der Waals surface area contributed by atoms with Crippen LogP contribution in [0.4, 0.5) is 11.5 Å². The molecule has 150 valence electrons. The number of aromatic nitrogens is 3. The van der Waals surface area contributed by atoms with E-state index < -0.39 is 11.8 Å². The molecule has 9 nitrogen and oxygen atoms in total. The van der Waals surface area contributed by atoms with E-state index >= 15 is 0 Å². The highest BCUT2D eigenvalue weighted by molar-refractivity contribution is 6.07. The zero-order chi connectivity index (χ0) is 20.4. The summed E-state index contributed by atoms with van der Waals surface area (Å²) < 4.78 is 12.1. The summed E-state index contributed by atoms with van der Waals surface area (Å²) in [6.45, 7) is 2.37. The van der Waals surface area contributed by atoms with Gasteiger partial charge in [0.25, 0.3) is 11.8 Å². The van der Waals surface area contributed by atoms with Crippen molar-refractivity contribution in [3.8, 4) is 5.75 Å². The third kappa shape index (κ3) is 3.71. The molecule has 1 aliphatic rings. The quantitative estimate of drug-likeness (QED) is 0.687. The van der Waals surface area contributed by atoms with E-state index in [2.05, 4.69) is 20.8 Å². The molecule has 0 radical (unpaired) electrons. The van der Waals surface area contributed by atoms with Crippen LogP contribution in [0, 0.1) is 6.92 Å². The molecular weight excluding hydrogens is 374 g/mol. The van der Waals surface area contributed by atoms with Gasteiger partial charge in [0.2, 0.25) is 0 Å². The van der Waals surface area contributed by atoms with E-state index in [-0.39, 0.29) is 11.5 Å². The van der Waals surface area contributed by atoms with Crippen molar-refractivity contribution in [1.82, 2.24) is 14.7 Å². The first-order valence-corrected chi connectivity index (χ1v) is 9.35. The lowest BCUT2D eigenvalue weighted by molar-refractivity contribution is 0.101. The van der Waals surface area contributed by atoms with Crippen LogP contribution in [-0.2, 0) is 13.0 Å². The summed E-state index contributed by atoms with van der Waals surface area (Å²) in [6, 6.07) is 8.75. The highest BCUT2D eigenvalue weighted by Crippen LogP contribution is 2.26. The lowest BCUT2D eigenvalue weighted by atomic mass is 10.1. The Morgan fingerprint density at radius 1 is 1.17 bits per heavy atom. The number of fused-ring (bicyclic) bond motifs is 1. The normalized spacial score (nSPS) is 12.9. The SMILES string of the molecule is COc1ccccc1NC(=O)c1nc(C(=O)Nc2cc(C)on2)c2n1CCCC2. The highest BCUT2D eigenvalue weighted by atomic mass is 16.5. The molecule has 3 aromatic rings. The molecule has 0 saturated carbocycles. The highest BCUT2D eigenvalue weighted by Gasteiger charge is 2.28. The van der Waals surface area contributed by atoms with Gasteiger partial charge < -0.3 is 24.5 Å². The minimum Gasteiger partial charge on any atom is -0.495 e. The number of imidazole rings is 1. The van der Waals surface area contributed by atoms with Gasteiger partial charge in [-0.25, -0.2) is 4.98 Å². The second-order valence-electron chi connectivity index (χ2n) is 6.77. The van der Waals surface area contributed by atoms with Gasteiger partial charge in [0, 0.05) is 12.6 Å². The third-order valence-corrected chi connectivity index (χ3v) is 4.76. The average Bonchev–Trinajstić information content (AvgIpc) is 3.32. The van der Waals surface area contributed by atoms with Crippen LogP contribution in [0.5, 0.6) is 5.75 Å². The molecule has 4 rings (SSSR count). The number of hydrogen-bond donors (Lipinski definition) is 2. The van der Waals surface area contributed by atoms with Crippen molar-refractivity contribution in [1.29, 1.82) is 0 Å². The number of methoxy groups -OCH3 is 1. The van der Waals surface area contributed by atoms with E-state index in [1.54, 1.807) is 31.2 Å². The Hall–Kier alpha value is -3.62. The number of nitrogens with one attached hydrogen (secondary N) is 2. The summed E-state index contributed by atoms with van der Waals surface area (Å²) in [6.07, 6.45) is 2.53. The van der Waals surface area contributed by atoms with E-state index in [1.165, 1.54) is 7.11 Å². The number of para-hydroxylation sites is 2. The maximum absolute atomic E-state index is 12.9. The minimum absolute atomic E-state index is 0.201. The number of aryl methyl sites for hydroxylation is 1. The van der Waals surface area contributed by atoms with Crippen LogP contribution >= 0.6 is 0 Å². The predicted molar refractivity (Wildman–Crippen MR) is 105 cm³/mol. The average molecular weight is 395 g/mol. The first-order valence-electron chi connectivity index (χ1n) is 9.35. The van der Waals surface area contributed by atoms with Crippen LogP contribution in [0.15, 0.2) is 34.9 Å². The van der Waals surface area contributed by atoms with Crippen molar-refractivity contribution >= 4 is 23.3 Å². The summed E-state index contributed by atoms with van der Waals surface area (Å²) >= 11 is 0. The summed E-state index contributed by atoms with van der Waals surface area (Å²) in [5.41, 5.74) is 1.52. The zero-order valence-electron chi connectivity index (χ0n) is 16.2. The van der Waals surface area contributed by atoms with Gasteiger partial charge in [0.1, 0.15) is 11.5 Å². The van der Waals surface area contributed by atoms with Gasteiger partial charge in [-0.15, -0.1) is 0 Å². The number of nitrogens with zero attached hydrogens (tertiary/aromatic N) is 3. The van der Waals surface area contributed by atoms with Gasteiger partial charge in [-0.05, 0) is 38.3 Å². The Morgan fingerprint density at radius 3 is 2.76 bits per heavy atom. The summed E-state index contributed by atoms with van der Waals surface area (Å²) in [4.78, 5) is 30.1. The molecule has 0 fully saturated rings. The molecule has 0 saturated heterocycles. The fourth-order valence-electron chi connectivity index (χ4n) is 3.43. The van der Waals surface area contributed by atoms with E-state index in [1.807, 2.05) is 10.6 Å². The molecule has 0 aliphatic carbocycles. The Labute approximate surface area is 167 Å². The third-order valence-electron chi connectivity index (χ3n) is 4.76. The Bertz CT molecular complexity index is 1070. The second-order valence-corrected chi connectivity index (χ2v) is 6.77. The van der Waals surface area contributed by atoms with Gasteiger partial charge in [0.15, 0.2) is 17.3 Å². The topological polar surface area (TPSA) is 111 Å². The largest absolute Gasteiger partial charge is 0.495 e. The fourth-order valence-corrected chi connectivity index (χ4v) is 3.43. The number of benzene rings is 1. The molecule has 0 atom stereocenters. The van der Waals surface area contributed by atoms with Crippen molar-refractivity contribution in [3.63, 3.8) is 0 Å². The number of carbonyl (C=O) groups excluding carboxylic acids is 2. The molecule has 29 heavy (non-hydrogen) atoms. The number of carbonyl (C=O) groups is 2. The molecular formula is C20H21N5O4. The van der Waals surface area contributed by atoms with E-state index in [4.69, 9.17) is 9.26 Å². The first-order chi connectivity index (χ1) is 14.1. The van der Waals surface area contributed by atoms with Crippen molar-refractivity contribution < 1.29 is 18.8 Å². The predicted octanol–water partition coefficient (Wildman–Crippen LogP) is 3.03. The Balaban J connectivity index is 1.63. The van der Waals surface area contributed by atoms with E-state index in [9.17, 15) is 9.59 Å². The standard InChI is InChI=1S/C20H21N5O4/c1-12-11-16(24-29-12)22-19(26)17-14-8-5-6-10-25(14)18(23-17)20(27)21-13-7-3-4-9-15(13)28-2/h3-4,7,9,11H,5-6,8,10H2,1-2H3,(H,21,27)(H,22,24,26). The molecule has 0 bridgehead atoms. The van der Waals surface area contributed by atoms with Gasteiger partial charge in [0.05, 0.1) is 18.5 Å². The van der Waals surface area contributed by atoms with Crippen LogP contribution in [0.1, 0.15) is 45.4 Å². The molecule has 0 unspecified atom stereocenters. The smallest absolute Gasteiger partial charge is 0.291 e. The lowest BCUT2D eigenvalue weighted by Crippen LogP contribution is -2.21. The van der Waals surface area contributed by atoms with Gasteiger partial charge in [-0.3, -0.25) is 9.59 Å². The monoisotopic (exact) mass is 395 g/mol. The van der Waals surface area contributed by atoms with Crippen LogP contribution in [0.2, 0.25) is 0 Å². The van der Waals surface area contributed by atoms with Crippen molar-refractivity contribution in [2.75, 3.05) is 17.7 Å². The molecule has 1 aromatic carbocycles. The molecule has 3 heterocycles. The van der Waals surface area contributed by atoms with Crippen molar-refractivity contribution in [2.24, 2.45) is 0 Å². The van der Waals surface area contributed by atoms with Crippen LogP contribution in [0.25, 0.3) is 0 Å². The van der Waals surface area contributed by atoms with E-state index in [0.29, 0.717) is 36.0 Å². The van der Waals surface area contributed by atoms with Crippen molar-refractivity contribution in [2.45, 2.75) is 32.7 Å². The number of ether oxygens (including phenoxy) is 1. The van der Waals surface area contributed by atoms with Crippen LogP contribution in [0.3, 0.4) is 0 Å². The maximum Gasteiger partial charge on any atom is 0.291 e. The number of hydrogen-bond acceptors (Lipinski definition) is 6. The molecule has 9 heteroatoms. The number of anilines is 2. The van der Waals surface area contributed by atoms with Crippen LogP contribution in [-0.4, -0.2) is 33.6 Å². The number of amides is 2. The summed E-state index contributed by atoms with van der Waals surface area (Å²) in [5.74, 6) is 0.834. The molecule has 1 aliphatic heterocycles. The lowest BCUT2D eigenvalue weighted by Gasteiger charge is -2.17. The molecule has 2 N–H and O–H groups in total. The Kier molecular flexibility index (Phi) is 5.03. The summed E-state index contributed by atoms with van der Waals surface area (Å²) in [7, 11) is 1.54. The van der Waals surface area contributed by atoms with Crippen LogP contribution < -0.4 is 15.4 Å². The minimum atomic E-state index is -0.416. The Morgan fingerprint density at radius 2 is 2.00 bits per heavy atom. The maximum atomic E-state index is 12.9. The molecule has 0 spiro atoms. The molecule has 2 aromatic heterocycles. The van der Waals surface area contributed by atoms with Crippen molar-refractivity contribution in [3.05, 3.63) is 53.3 Å². The van der Waals surface area contributed by atoms with E-state index in [0.717, 1.165) is 18.5 Å². The van der Waals surface area contributed by atoms with Gasteiger partial charge in [-0.1, -0.05) is 17.3 Å².